The molecule has 0 unspecified atom stereocenters. The van der Waals surface area contributed by atoms with E-state index in [1.165, 1.54) is 0 Å². The summed E-state index contributed by atoms with van der Waals surface area (Å²) in [5, 5.41) is 12.3. The highest BCUT2D eigenvalue weighted by Gasteiger charge is 2.34. The van der Waals surface area contributed by atoms with Crippen molar-refractivity contribution < 1.29 is 23.4 Å². The Morgan fingerprint density at radius 2 is 2.16 bits per heavy atom. The zero-order chi connectivity index (χ0) is 13.9. The van der Waals surface area contributed by atoms with E-state index in [2.05, 4.69) is 5.32 Å². The van der Waals surface area contributed by atoms with Crippen LogP contribution in [0.3, 0.4) is 0 Å². The summed E-state index contributed by atoms with van der Waals surface area (Å²) >= 11 is 0. The van der Waals surface area contributed by atoms with Gasteiger partial charge in [-0.05, 0) is 31.4 Å². The molecule has 0 heterocycles. The van der Waals surface area contributed by atoms with Gasteiger partial charge in [0.15, 0.2) is 18.2 Å². The summed E-state index contributed by atoms with van der Waals surface area (Å²) < 4.78 is 30.8. The molecule has 19 heavy (non-hydrogen) atoms. The van der Waals surface area contributed by atoms with Crippen LogP contribution in [0.15, 0.2) is 18.2 Å². The zero-order valence-electron chi connectivity index (χ0n) is 10.3. The number of amides is 1. The molecule has 0 saturated heterocycles. The number of halogens is 2. The van der Waals surface area contributed by atoms with Gasteiger partial charge in [-0.15, -0.1) is 0 Å². The molecule has 0 spiro atoms. The van der Waals surface area contributed by atoms with Crippen LogP contribution < -0.4 is 10.1 Å². The lowest BCUT2D eigenvalue weighted by Crippen LogP contribution is -2.48. The summed E-state index contributed by atoms with van der Waals surface area (Å²) in [5.41, 5.74) is -0.809. The van der Waals surface area contributed by atoms with Crippen LogP contribution in [0.25, 0.3) is 0 Å². The van der Waals surface area contributed by atoms with Gasteiger partial charge >= 0.3 is 0 Å². The molecular weight excluding hydrogens is 256 g/mol. The Bertz CT molecular complexity index is 475. The van der Waals surface area contributed by atoms with E-state index in [4.69, 9.17) is 4.74 Å². The smallest absolute Gasteiger partial charge is 0.258 e. The minimum absolute atomic E-state index is 0.168. The lowest BCUT2D eigenvalue weighted by molar-refractivity contribution is -0.125. The molecule has 1 aromatic rings. The van der Waals surface area contributed by atoms with Crippen LogP contribution in [0, 0.1) is 11.6 Å². The van der Waals surface area contributed by atoms with Crippen molar-refractivity contribution in [3.8, 4) is 5.75 Å². The fraction of sp³-hybridized carbons (Fsp3) is 0.462. The van der Waals surface area contributed by atoms with Crippen LogP contribution in [-0.4, -0.2) is 29.8 Å². The third-order valence-corrected chi connectivity index (χ3v) is 3.15. The van der Waals surface area contributed by atoms with Gasteiger partial charge in [0.05, 0.1) is 5.60 Å². The average Bonchev–Trinajstić information content (AvgIpc) is 2.33. The second-order valence-electron chi connectivity index (χ2n) is 4.72. The Balaban J connectivity index is 1.76. The maximum absolute atomic E-state index is 13.2. The maximum atomic E-state index is 13.2. The van der Waals surface area contributed by atoms with Crippen molar-refractivity contribution in [1.29, 1.82) is 0 Å². The average molecular weight is 271 g/mol. The van der Waals surface area contributed by atoms with Crippen molar-refractivity contribution in [2.45, 2.75) is 24.9 Å². The Morgan fingerprint density at radius 3 is 2.74 bits per heavy atom. The second-order valence-corrected chi connectivity index (χ2v) is 4.72. The third-order valence-electron chi connectivity index (χ3n) is 3.15. The molecule has 2 rings (SSSR count). The summed E-state index contributed by atoms with van der Waals surface area (Å²) in [6.45, 7) is -0.209. The van der Waals surface area contributed by atoms with E-state index in [-0.39, 0.29) is 18.9 Å². The first-order chi connectivity index (χ1) is 8.98. The molecule has 0 bridgehead atoms. The van der Waals surface area contributed by atoms with Crippen LogP contribution in [0.5, 0.6) is 5.75 Å². The number of hydrogen-bond donors (Lipinski definition) is 2. The topological polar surface area (TPSA) is 58.6 Å². The van der Waals surface area contributed by atoms with E-state index >= 15 is 0 Å². The first kappa shape index (κ1) is 13.7. The normalized spacial score (nSPS) is 16.6. The van der Waals surface area contributed by atoms with Crippen LogP contribution in [0.4, 0.5) is 8.78 Å². The monoisotopic (exact) mass is 271 g/mol. The van der Waals surface area contributed by atoms with Crippen molar-refractivity contribution >= 4 is 5.91 Å². The number of hydrogen-bond acceptors (Lipinski definition) is 3. The SMILES string of the molecule is O=C(COc1ccc(F)cc1F)NCC1(O)CCC1. The van der Waals surface area contributed by atoms with E-state index < -0.39 is 23.1 Å². The molecule has 6 heteroatoms. The molecule has 1 amide bonds. The Kier molecular flexibility index (Phi) is 3.99. The fourth-order valence-corrected chi connectivity index (χ4v) is 1.81. The van der Waals surface area contributed by atoms with Gasteiger partial charge in [-0.3, -0.25) is 4.79 Å². The predicted octanol–water partition coefficient (Wildman–Crippen LogP) is 1.37. The van der Waals surface area contributed by atoms with E-state index in [1.54, 1.807) is 0 Å². The first-order valence-corrected chi connectivity index (χ1v) is 6.05. The Hall–Kier alpha value is -1.69. The van der Waals surface area contributed by atoms with Gasteiger partial charge in [0.2, 0.25) is 0 Å². The number of rotatable bonds is 5. The molecule has 4 nitrogen and oxygen atoms in total. The van der Waals surface area contributed by atoms with E-state index in [0.29, 0.717) is 18.9 Å². The molecule has 1 aliphatic rings. The molecule has 1 aromatic carbocycles. The second kappa shape index (κ2) is 5.52. The van der Waals surface area contributed by atoms with Gasteiger partial charge in [-0.1, -0.05) is 0 Å². The maximum Gasteiger partial charge on any atom is 0.258 e. The summed E-state index contributed by atoms with van der Waals surface area (Å²) in [6.07, 6.45) is 2.28. The highest BCUT2D eigenvalue weighted by Crippen LogP contribution is 2.30. The largest absolute Gasteiger partial charge is 0.481 e. The van der Waals surface area contributed by atoms with Crippen molar-refractivity contribution in [2.75, 3.05) is 13.2 Å². The van der Waals surface area contributed by atoms with Gasteiger partial charge in [-0.25, -0.2) is 8.78 Å². The number of aliphatic hydroxyl groups is 1. The molecule has 0 atom stereocenters. The standard InChI is InChI=1S/C13H15F2NO3/c14-9-2-3-11(10(15)6-9)19-7-12(17)16-8-13(18)4-1-5-13/h2-3,6,18H,1,4-5,7-8H2,(H,16,17). The molecule has 1 saturated carbocycles. The molecule has 1 aliphatic carbocycles. The van der Waals surface area contributed by atoms with Crippen LogP contribution in [0.2, 0.25) is 0 Å². The molecule has 104 valence electrons. The molecule has 2 N–H and O–H groups in total. The first-order valence-electron chi connectivity index (χ1n) is 6.05. The fourth-order valence-electron chi connectivity index (χ4n) is 1.81. The van der Waals surface area contributed by atoms with Gasteiger partial charge < -0.3 is 15.2 Å². The number of nitrogens with one attached hydrogen (secondary N) is 1. The van der Waals surface area contributed by atoms with Crippen molar-refractivity contribution in [3.05, 3.63) is 29.8 Å². The van der Waals surface area contributed by atoms with Crippen LogP contribution >= 0.6 is 0 Å². The van der Waals surface area contributed by atoms with Gasteiger partial charge in [-0.2, -0.15) is 0 Å². The minimum Gasteiger partial charge on any atom is -0.481 e. The molecular formula is C13H15F2NO3. The van der Waals surface area contributed by atoms with E-state index in [9.17, 15) is 18.7 Å². The zero-order valence-corrected chi connectivity index (χ0v) is 10.3. The summed E-state index contributed by atoms with van der Waals surface area (Å²) in [6, 6.07) is 2.86. The van der Waals surface area contributed by atoms with Gasteiger partial charge in [0, 0.05) is 12.6 Å². The Labute approximate surface area is 109 Å². The third kappa shape index (κ3) is 3.64. The number of carbonyl (C=O) groups excluding carboxylic acids is 1. The predicted molar refractivity (Wildman–Crippen MR) is 63.7 cm³/mol. The number of benzene rings is 1. The number of carbonyl (C=O) groups is 1. The van der Waals surface area contributed by atoms with Crippen LogP contribution in [0.1, 0.15) is 19.3 Å². The molecule has 0 radical (unpaired) electrons. The molecule has 1 fully saturated rings. The number of ether oxygens (including phenoxy) is 1. The van der Waals surface area contributed by atoms with E-state index in [1.807, 2.05) is 0 Å². The lowest BCUT2D eigenvalue weighted by atomic mass is 9.80. The lowest BCUT2D eigenvalue weighted by Gasteiger charge is -2.36. The summed E-state index contributed by atoms with van der Waals surface area (Å²) in [7, 11) is 0. The molecule has 0 aliphatic heterocycles. The van der Waals surface area contributed by atoms with Gasteiger partial charge in [0.25, 0.3) is 5.91 Å². The summed E-state index contributed by atoms with van der Waals surface area (Å²) in [4.78, 5) is 11.4. The van der Waals surface area contributed by atoms with Crippen molar-refractivity contribution in [2.24, 2.45) is 0 Å². The summed E-state index contributed by atoms with van der Waals surface area (Å²) in [5.74, 6) is -2.20. The highest BCUT2D eigenvalue weighted by atomic mass is 19.1. The quantitative estimate of drug-likeness (QED) is 0.850. The van der Waals surface area contributed by atoms with E-state index in [0.717, 1.165) is 18.6 Å². The minimum atomic E-state index is -0.856. The Morgan fingerprint density at radius 1 is 1.42 bits per heavy atom. The highest BCUT2D eigenvalue weighted by molar-refractivity contribution is 5.77. The van der Waals surface area contributed by atoms with Crippen molar-refractivity contribution in [1.82, 2.24) is 5.32 Å². The molecule has 0 aromatic heterocycles. The van der Waals surface area contributed by atoms with Crippen molar-refractivity contribution in [3.63, 3.8) is 0 Å². The van der Waals surface area contributed by atoms with Crippen LogP contribution in [-0.2, 0) is 4.79 Å². The van der Waals surface area contributed by atoms with Gasteiger partial charge in [0.1, 0.15) is 5.82 Å².